The van der Waals surface area contributed by atoms with E-state index < -0.39 is 5.82 Å². The van der Waals surface area contributed by atoms with E-state index in [1.54, 1.807) is 0 Å². The van der Waals surface area contributed by atoms with Gasteiger partial charge in [0.15, 0.2) is 0 Å². The summed E-state index contributed by atoms with van der Waals surface area (Å²) in [5.74, 6) is -0.114. The summed E-state index contributed by atoms with van der Waals surface area (Å²) in [4.78, 5) is 24.9. The topological polar surface area (TPSA) is 58.2 Å². The predicted molar refractivity (Wildman–Crippen MR) is 117 cm³/mol. The van der Waals surface area contributed by atoms with Gasteiger partial charge in [0.1, 0.15) is 5.82 Å². The van der Waals surface area contributed by atoms with Crippen molar-refractivity contribution in [1.29, 1.82) is 0 Å². The van der Waals surface area contributed by atoms with Gasteiger partial charge in [0, 0.05) is 17.4 Å². The number of rotatable bonds is 7. The van der Waals surface area contributed by atoms with E-state index in [0.29, 0.717) is 5.69 Å². The first-order valence-corrected chi connectivity index (χ1v) is 11.1. The van der Waals surface area contributed by atoms with Gasteiger partial charge in [0.2, 0.25) is 11.8 Å². The zero-order chi connectivity index (χ0) is 20.6. The summed E-state index contributed by atoms with van der Waals surface area (Å²) in [7, 11) is 0. The van der Waals surface area contributed by atoms with E-state index in [1.807, 2.05) is 37.3 Å². The molecular weight excluding hydrogens is 387 g/mol. The Hall–Kier alpha value is -2.34. The molecule has 0 bridgehead atoms. The van der Waals surface area contributed by atoms with Crippen LogP contribution < -0.4 is 10.6 Å². The molecule has 2 aromatic carbocycles. The third-order valence-electron chi connectivity index (χ3n) is 5.18. The molecule has 3 rings (SSSR count). The van der Waals surface area contributed by atoms with Gasteiger partial charge in [-0.2, -0.15) is 0 Å². The molecule has 1 saturated carbocycles. The van der Waals surface area contributed by atoms with Crippen molar-refractivity contribution in [2.24, 2.45) is 5.92 Å². The number of hydrogen-bond acceptors (Lipinski definition) is 3. The first-order chi connectivity index (χ1) is 14.0. The van der Waals surface area contributed by atoms with E-state index in [0.717, 1.165) is 43.4 Å². The molecule has 154 valence electrons. The van der Waals surface area contributed by atoms with Gasteiger partial charge in [-0.3, -0.25) is 9.59 Å². The Bertz CT molecular complexity index is 838. The van der Waals surface area contributed by atoms with Gasteiger partial charge in [-0.15, -0.1) is 11.8 Å². The quantitative estimate of drug-likeness (QED) is 0.620. The lowest BCUT2D eigenvalue weighted by atomic mass is 9.88. The molecule has 4 nitrogen and oxygen atoms in total. The Morgan fingerprint density at radius 3 is 2.52 bits per heavy atom. The third kappa shape index (κ3) is 6.32. The van der Waals surface area contributed by atoms with Crippen LogP contribution in [0.4, 0.5) is 15.8 Å². The van der Waals surface area contributed by atoms with Gasteiger partial charge in [0.25, 0.3) is 0 Å². The Labute approximate surface area is 175 Å². The molecule has 29 heavy (non-hydrogen) atoms. The fraction of sp³-hybridized carbons (Fsp3) is 0.391. The number of benzene rings is 2. The number of carbonyl (C=O) groups is 2. The Morgan fingerprint density at radius 2 is 1.79 bits per heavy atom. The molecule has 2 N–H and O–H groups in total. The zero-order valence-corrected chi connectivity index (χ0v) is 17.4. The standard InChI is InChI=1S/C23H27FN2O2S/c1-16(29-15-17-8-4-2-5-9-17)22(27)25-19-12-13-20(24)21(14-19)26-23(28)18-10-6-3-7-11-18/h2,4-5,8-9,12-14,16,18H,3,6-7,10-11,15H2,1H3,(H,25,27)(H,26,28). The largest absolute Gasteiger partial charge is 0.325 e. The Morgan fingerprint density at radius 1 is 1.07 bits per heavy atom. The molecule has 2 aromatic rings. The van der Waals surface area contributed by atoms with Crippen molar-refractivity contribution in [3.05, 3.63) is 59.9 Å². The number of carbonyl (C=O) groups excluding carboxylic acids is 2. The van der Waals surface area contributed by atoms with E-state index in [2.05, 4.69) is 10.6 Å². The number of thioether (sulfide) groups is 1. The zero-order valence-electron chi connectivity index (χ0n) is 16.6. The first kappa shape index (κ1) is 21.4. The molecule has 0 heterocycles. The van der Waals surface area contributed by atoms with Crippen LogP contribution in [-0.2, 0) is 15.3 Å². The van der Waals surface area contributed by atoms with E-state index in [-0.39, 0.29) is 28.7 Å². The van der Waals surface area contributed by atoms with Crippen LogP contribution >= 0.6 is 11.8 Å². The fourth-order valence-electron chi connectivity index (χ4n) is 3.41. The van der Waals surface area contributed by atoms with Gasteiger partial charge in [0.05, 0.1) is 10.9 Å². The van der Waals surface area contributed by atoms with E-state index >= 15 is 0 Å². The lowest BCUT2D eigenvalue weighted by molar-refractivity contribution is -0.120. The summed E-state index contributed by atoms with van der Waals surface area (Å²) in [6, 6.07) is 14.2. The molecule has 6 heteroatoms. The summed E-state index contributed by atoms with van der Waals surface area (Å²) < 4.78 is 14.2. The monoisotopic (exact) mass is 414 g/mol. The second kappa shape index (κ2) is 10.4. The molecule has 1 aliphatic rings. The van der Waals surface area contributed by atoms with E-state index in [4.69, 9.17) is 0 Å². The van der Waals surface area contributed by atoms with Crippen LogP contribution in [-0.4, -0.2) is 17.1 Å². The molecule has 0 aromatic heterocycles. The average molecular weight is 415 g/mol. The Kier molecular flexibility index (Phi) is 7.69. The summed E-state index contributed by atoms with van der Waals surface area (Å²) >= 11 is 1.54. The van der Waals surface area contributed by atoms with Crippen LogP contribution in [0.3, 0.4) is 0 Å². The van der Waals surface area contributed by atoms with Crippen LogP contribution in [0.1, 0.15) is 44.6 Å². The van der Waals surface area contributed by atoms with Crippen molar-refractivity contribution in [2.75, 3.05) is 10.6 Å². The maximum atomic E-state index is 14.2. The second-order valence-electron chi connectivity index (χ2n) is 7.45. The SMILES string of the molecule is CC(SCc1ccccc1)C(=O)Nc1ccc(F)c(NC(=O)C2CCCCC2)c1. The van der Waals surface area contributed by atoms with Crippen molar-refractivity contribution in [3.63, 3.8) is 0 Å². The van der Waals surface area contributed by atoms with Crippen LogP contribution in [0, 0.1) is 11.7 Å². The van der Waals surface area contributed by atoms with Crippen LogP contribution in [0.15, 0.2) is 48.5 Å². The fourth-order valence-corrected chi connectivity index (χ4v) is 4.26. The Balaban J connectivity index is 1.56. The van der Waals surface area contributed by atoms with Crippen LogP contribution in [0.2, 0.25) is 0 Å². The number of amides is 2. The number of nitrogens with one attached hydrogen (secondary N) is 2. The first-order valence-electron chi connectivity index (χ1n) is 10.1. The van der Waals surface area contributed by atoms with E-state index in [9.17, 15) is 14.0 Å². The minimum atomic E-state index is -0.501. The summed E-state index contributed by atoms with van der Waals surface area (Å²) in [6.45, 7) is 1.85. The minimum Gasteiger partial charge on any atom is -0.325 e. The molecule has 1 fully saturated rings. The van der Waals surface area contributed by atoms with Gasteiger partial charge >= 0.3 is 0 Å². The number of anilines is 2. The highest BCUT2D eigenvalue weighted by molar-refractivity contribution is 7.99. The average Bonchev–Trinajstić information content (AvgIpc) is 2.75. The highest BCUT2D eigenvalue weighted by Gasteiger charge is 2.22. The van der Waals surface area contributed by atoms with Gasteiger partial charge in [-0.1, -0.05) is 49.6 Å². The van der Waals surface area contributed by atoms with Gasteiger partial charge < -0.3 is 10.6 Å². The van der Waals surface area contributed by atoms with Crippen LogP contribution in [0.25, 0.3) is 0 Å². The molecule has 1 atom stereocenters. The van der Waals surface area contributed by atoms with Crippen molar-refractivity contribution in [3.8, 4) is 0 Å². The van der Waals surface area contributed by atoms with Crippen LogP contribution in [0.5, 0.6) is 0 Å². The smallest absolute Gasteiger partial charge is 0.237 e. The molecule has 1 aliphatic carbocycles. The molecule has 0 radical (unpaired) electrons. The van der Waals surface area contributed by atoms with Gasteiger partial charge in [-0.25, -0.2) is 4.39 Å². The normalized spacial score (nSPS) is 15.5. The highest BCUT2D eigenvalue weighted by atomic mass is 32.2. The molecule has 1 unspecified atom stereocenters. The van der Waals surface area contributed by atoms with Crippen molar-refractivity contribution >= 4 is 35.0 Å². The van der Waals surface area contributed by atoms with E-state index in [1.165, 1.54) is 30.0 Å². The second-order valence-corrected chi connectivity index (χ2v) is 8.78. The van der Waals surface area contributed by atoms with Gasteiger partial charge in [-0.05, 0) is 43.5 Å². The molecular formula is C23H27FN2O2S. The van der Waals surface area contributed by atoms with Crippen molar-refractivity contribution in [2.45, 2.75) is 50.0 Å². The summed E-state index contributed by atoms with van der Waals surface area (Å²) in [5.41, 5.74) is 1.75. The summed E-state index contributed by atoms with van der Waals surface area (Å²) in [5, 5.41) is 5.26. The number of halogens is 1. The lowest BCUT2D eigenvalue weighted by Crippen LogP contribution is -2.25. The molecule has 0 spiro atoms. The maximum absolute atomic E-state index is 14.2. The van der Waals surface area contributed by atoms with Crippen molar-refractivity contribution in [1.82, 2.24) is 0 Å². The molecule has 2 amide bonds. The maximum Gasteiger partial charge on any atom is 0.237 e. The molecule has 0 saturated heterocycles. The minimum absolute atomic E-state index is 0.0594. The van der Waals surface area contributed by atoms with Crippen molar-refractivity contribution < 1.29 is 14.0 Å². The summed E-state index contributed by atoms with van der Waals surface area (Å²) in [6.07, 6.45) is 4.92. The third-order valence-corrected chi connectivity index (χ3v) is 6.39. The predicted octanol–water partition coefficient (Wildman–Crippen LogP) is 5.60. The number of hydrogen-bond donors (Lipinski definition) is 2. The highest BCUT2D eigenvalue weighted by Crippen LogP contribution is 2.27. The lowest BCUT2D eigenvalue weighted by Gasteiger charge is -2.21. The molecule has 0 aliphatic heterocycles.